The van der Waals surface area contributed by atoms with Crippen LogP contribution in [0.25, 0.3) is 0 Å². The molecule has 25 heavy (non-hydrogen) atoms. The normalized spacial score (nSPS) is 16.6. The van der Waals surface area contributed by atoms with Crippen molar-refractivity contribution in [1.82, 2.24) is 9.97 Å². The van der Waals surface area contributed by atoms with Crippen LogP contribution in [0.15, 0.2) is 30.5 Å². The number of carbonyl (C=O) groups is 1. The summed E-state index contributed by atoms with van der Waals surface area (Å²) in [4.78, 5) is 19.3. The van der Waals surface area contributed by atoms with Crippen molar-refractivity contribution in [2.24, 2.45) is 0 Å². The molecule has 0 bridgehead atoms. The maximum Gasteiger partial charge on any atom is 0.307 e. The number of aliphatic carboxylic acids is 1. The summed E-state index contributed by atoms with van der Waals surface area (Å²) in [6.07, 6.45) is 3.82. The minimum Gasteiger partial charge on any atom is -0.481 e. The maximum absolute atomic E-state index is 10.7. The van der Waals surface area contributed by atoms with Crippen molar-refractivity contribution in [2.45, 2.75) is 25.4 Å². The molecule has 2 aromatic rings. The van der Waals surface area contributed by atoms with Crippen LogP contribution in [-0.2, 0) is 16.0 Å². The molecule has 1 atom stereocenters. The molecule has 0 aliphatic carbocycles. The highest BCUT2D eigenvalue weighted by molar-refractivity contribution is 6.32. The molecular weight excluding hydrogens is 344 g/mol. The topological polar surface area (TPSA) is 96.4 Å². The Bertz CT molecular complexity index is 733. The van der Waals surface area contributed by atoms with Gasteiger partial charge in [0.05, 0.1) is 18.7 Å². The number of anilines is 3. The predicted octanol–water partition coefficient (Wildman–Crippen LogP) is 3.09. The van der Waals surface area contributed by atoms with E-state index in [4.69, 9.17) is 21.4 Å². The van der Waals surface area contributed by atoms with Gasteiger partial charge in [-0.1, -0.05) is 23.7 Å². The van der Waals surface area contributed by atoms with Gasteiger partial charge in [0.15, 0.2) is 5.82 Å². The maximum atomic E-state index is 10.7. The number of nitrogens with one attached hydrogen (secondary N) is 2. The first kappa shape index (κ1) is 17.4. The van der Waals surface area contributed by atoms with Crippen LogP contribution in [-0.4, -0.2) is 40.3 Å². The predicted molar refractivity (Wildman–Crippen MR) is 95.6 cm³/mol. The van der Waals surface area contributed by atoms with Gasteiger partial charge in [0.2, 0.25) is 5.95 Å². The summed E-state index contributed by atoms with van der Waals surface area (Å²) in [5.74, 6) is 0.103. The second-order valence-corrected chi connectivity index (χ2v) is 6.21. The van der Waals surface area contributed by atoms with Gasteiger partial charge >= 0.3 is 5.97 Å². The third-order valence-corrected chi connectivity index (χ3v) is 4.11. The minimum absolute atomic E-state index is 0.00493. The van der Waals surface area contributed by atoms with E-state index in [0.717, 1.165) is 30.7 Å². The van der Waals surface area contributed by atoms with Crippen LogP contribution in [0.4, 0.5) is 17.5 Å². The summed E-state index contributed by atoms with van der Waals surface area (Å²) in [6.45, 7) is 1.45. The minimum atomic E-state index is -0.858. The van der Waals surface area contributed by atoms with E-state index in [0.29, 0.717) is 23.3 Å². The number of nitrogens with zero attached hydrogens (tertiary/aromatic N) is 2. The zero-order valence-corrected chi connectivity index (χ0v) is 14.3. The Labute approximate surface area is 150 Å². The average molecular weight is 363 g/mol. The molecule has 0 amide bonds. The molecule has 0 unspecified atom stereocenters. The SMILES string of the molecule is O=C(O)Cc1ccc(Nc2ncc(Cl)c(NC[C@@H]3CCCO3)n2)cc1. The second-order valence-electron chi connectivity index (χ2n) is 5.80. The molecule has 0 saturated carbocycles. The molecule has 3 rings (SSSR count). The molecule has 1 aromatic heterocycles. The fraction of sp³-hybridized carbons (Fsp3) is 0.353. The molecule has 7 nitrogen and oxygen atoms in total. The lowest BCUT2D eigenvalue weighted by molar-refractivity contribution is -0.136. The molecule has 0 spiro atoms. The first-order valence-corrected chi connectivity index (χ1v) is 8.44. The summed E-state index contributed by atoms with van der Waals surface area (Å²) in [5.41, 5.74) is 1.50. The molecule has 1 aliphatic rings. The van der Waals surface area contributed by atoms with Gasteiger partial charge in [-0.3, -0.25) is 4.79 Å². The van der Waals surface area contributed by atoms with Gasteiger partial charge in [-0.25, -0.2) is 4.98 Å². The van der Waals surface area contributed by atoms with Crippen molar-refractivity contribution in [1.29, 1.82) is 0 Å². The molecule has 8 heteroatoms. The molecule has 132 valence electrons. The van der Waals surface area contributed by atoms with Crippen LogP contribution in [0, 0.1) is 0 Å². The molecule has 1 fully saturated rings. The van der Waals surface area contributed by atoms with E-state index in [9.17, 15) is 4.79 Å². The molecule has 3 N–H and O–H groups in total. The monoisotopic (exact) mass is 362 g/mol. The van der Waals surface area contributed by atoms with Crippen molar-refractivity contribution in [3.05, 3.63) is 41.0 Å². The van der Waals surface area contributed by atoms with E-state index < -0.39 is 5.97 Å². The summed E-state index contributed by atoms with van der Waals surface area (Å²) in [5, 5.41) is 15.5. The van der Waals surface area contributed by atoms with Crippen LogP contribution in [0.5, 0.6) is 0 Å². The number of carboxylic acids is 1. The third kappa shape index (κ3) is 5.04. The van der Waals surface area contributed by atoms with Crippen molar-refractivity contribution >= 4 is 35.0 Å². The molecular formula is C17H19ClN4O3. The van der Waals surface area contributed by atoms with E-state index in [-0.39, 0.29) is 12.5 Å². The van der Waals surface area contributed by atoms with E-state index in [1.54, 1.807) is 24.3 Å². The number of carboxylic acid groups (broad SMARTS) is 1. The van der Waals surface area contributed by atoms with E-state index in [1.807, 2.05) is 0 Å². The third-order valence-electron chi connectivity index (χ3n) is 3.83. The van der Waals surface area contributed by atoms with Crippen LogP contribution < -0.4 is 10.6 Å². The fourth-order valence-corrected chi connectivity index (χ4v) is 2.73. The number of halogens is 1. The number of rotatable bonds is 7. The highest BCUT2D eigenvalue weighted by atomic mass is 35.5. The molecule has 1 aliphatic heterocycles. The van der Waals surface area contributed by atoms with E-state index in [2.05, 4.69) is 20.6 Å². The van der Waals surface area contributed by atoms with Crippen LogP contribution in [0.3, 0.4) is 0 Å². The lowest BCUT2D eigenvalue weighted by Gasteiger charge is -2.13. The first-order valence-electron chi connectivity index (χ1n) is 8.06. The van der Waals surface area contributed by atoms with Crippen LogP contribution in [0.2, 0.25) is 5.02 Å². The van der Waals surface area contributed by atoms with Gasteiger partial charge in [0, 0.05) is 18.8 Å². The van der Waals surface area contributed by atoms with Crippen LogP contribution >= 0.6 is 11.6 Å². The average Bonchev–Trinajstić information content (AvgIpc) is 3.10. The quantitative estimate of drug-likeness (QED) is 0.696. The van der Waals surface area contributed by atoms with Gasteiger partial charge in [0.1, 0.15) is 5.02 Å². The zero-order valence-electron chi connectivity index (χ0n) is 13.5. The Balaban J connectivity index is 1.63. The number of ether oxygens (including phenoxy) is 1. The Morgan fingerprint density at radius 3 is 2.84 bits per heavy atom. The largest absolute Gasteiger partial charge is 0.481 e. The Hall–Kier alpha value is -2.38. The second kappa shape index (κ2) is 8.13. The first-order chi connectivity index (χ1) is 12.1. The Kier molecular flexibility index (Phi) is 5.67. The number of aromatic nitrogens is 2. The fourth-order valence-electron chi connectivity index (χ4n) is 2.58. The van der Waals surface area contributed by atoms with Gasteiger partial charge in [0.25, 0.3) is 0 Å². The highest BCUT2D eigenvalue weighted by Gasteiger charge is 2.16. The van der Waals surface area contributed by atoms with Crippen molar-refractivity contribution < 1.29 is 14.6 Å². The molecule has 1 saturated heterocycles. The summed E-state index contributed by atoms with van der Waals surface area (Å²) >= 11 is 6.14. The molecule has 2 heterocycles. The van der Waals surface area contributed by atoms with Crippen molar-refractivity contribution in [3.8, 4) is 0 Å². The number of hydrogen-bond donors (Lipinski definition) is 3. The Morgan fingerprint density at radius 1 is 1.36 bits per heavy atom. The summed E-state index contributed by atoms with van der Waals surface area (Å²) < 4.78 is 5.57. The molecule has 0 radical (unpaired) electrons. The van der Waals surface area contributed by atoms with Gasteiger partial charge in [-0.2, -0.15) is 4.98 Å². The summed E-state index contributed by atoms with van der Waals surface area (Å²) in [6, 6.07) is 7.08. The lowest BCUT2D eigenvalue weighted by atomic mass is 10.1. The van der Waals surface area contributed by atoms with Gasteiger partial charge < -0.3 is 20.5 Å². The number of benzene rings is 1. The zero-order chi connectivity index (χ0) is 17.6. The van der Waals surface area contributed by atoms with Crippen LogP contribution in [0.1, 0.15) is 18.4 Å². The molecule has 1 aromatic carbocycles. The van der Waals surface area contributed by atoms with Crippen molar-refractivity contribution in [2.75, 3.05) is 23.8 Å². The van der Waals surface area contributed by atoms with Gasteiger partial charge in [-0.05, 0) is 30.5 Å². The van der Waals surface area contributed by atoms with E-state index in [1.165, 1.54) is 6.20 Å². The number of hydrogen-bond acceptors (Lipinski definition) is 6. The highest BCUT2D eigenvalue weighted by Crippen LogP contribution is 2.22. The standard InChI is InChI=1S/C17H19ClN4O3/c18-14-10-20-17(22-16(14)19-9-13-2-1-7-25-13)21-12-5-3-11(4-6-12)8-15(23)24/h3-6,10,13H,1-2,7-9H2,(H,23,24)(H2,19,20,21,22)/t13-/m0/s1. The smallest absolute Gasteiger partial charge is 0.307 e. The summed E-state index contributed by atoms with van der Waals surface area (Å²) in [7, 11) is 0. The van der Waals surface area contributed by atoms with E-state index >= 15 is 0 Å². The van der Waals surface area contributed by atoms with Crippen molar-refractivity contribution in [3.63, 3.8) is 0 Å². The Morgan fingerprint density at radius 2 is 2.16 bits per heavy atom. The lowest BCUT2D eigenvalue weighted by Crippen LogP contribution is -2.19. The van der Waals surface area contributed by atoms with Gasteiger partial charge in [-0.15, -0.1) is 0 Å².